The van der Waals surface area contributed by atoms with E-state index in [-0.39, 0.29) is 12.5 Å². The molecule has 0 aliphatic heterocycles. The summed E-state index contributed by atoms with van der Waals surface area (Å²) < 4.78 is 38.6. The van der Waals surface area contributed by atoms with Crippen LogP contribution in [0.1, 0.15) is 27.0 Å². The minimum atomic E-state index is -4.43. The summed E-state index contributed by atoms with van der Waals surface area (Å²) in [5, 5.41) is 2.84. The zero-order valence-electron chi connectivity index (χ0n) is 18.0. The maximum Gasteiger partial charge on any atom is 0.416 e. The molecule has 0 aliphatic rings. The first kappa shape index (κ1) is 23.1. The Morgan fingerprint density at radius 3 is 2.06 bits per heavy atom. The number of hydrogen-bond donors (Lipinski definition) is 1. The SMILES string of the molecule is Cc1cccc(C)c1NC(=O)CN(C)C(=O)c1ccccc1-c1ccc(C(F)(F)F)cc1. The molecule has 0 saturated carbocycles. The fourth-order valence-corrected chi connectivity index (χ4v) is 3.44. The summed E-state index contributed by atoms with van der Waals surface area (Å²) in [5.74, 6) is -0.748. The van der Waals surface area contributed by atoms with Crippen LogP contribution < -0.4 is 5.32 Å². The standard InChI is InChI=1S/C25H23F3N2O2/c1-16-7-6-8-17(2)23(16)29-22(31)15-30(3)24(32)21-10-5-4-9-20(21)18-11-13-19(14-12-18)25(26,27)28/h4-14H,15H2,1-3H3,(H,29,31). The van der Waals surface area contributed by atoms with Gasteiger partial charge in [-0.15, -0.1) is 0 Å². The first-order valence-electron chi connectivity index (χ1n) is 9.96. The highest BCUT2D eigenvalue weighted by Gasteiger charge is 2.30. The van der Waals surface area contributed by atoms with E-state index in [1.165, 1.54) is 24.1 Å². The van der Waals surface area contributed by atoms with Crippen LogP contribution in [-0.4, -0.2) is 30.3 Å². The quantitative estimate of drug-likeness (QED) is 0.553. The molecule has 4 nitrogen and oxygen atoms in total. The topological polar surface area (TPSA) is 49.4 Å². The second-order valence-corrected chi connectivity index (χ2v) is 7.60. The third-order valence-corrected chi connectivity index (χ3v) is 5.15. The van der Waals surface area contributed by atoms with Crippen LogP contribution in [0.4, 0.5) is 18.9 Å². The first-order valence-corrected chi connectivity index (χ1v) is 9.96. The Labute approximate surface area is 184 Å². The molecular weight excluding hydrogens is 417 g/mol. The molecular formula is C25H23F3N2O2. The summed E-state index contributed by atoms with van der Waals surface area (Å²) in [6, 6.07) is 16.9. The number of nitrogens with one attached hydrogen (secondary N) is 1. The van der Waals surface area contributed by atoms with Crippen LogP contribution >= 0.6 is 0 Å². The van der Waals surface area contributed by atoms with E-state index in [4.69, 9.17) is 0 Å². The van der Waals surface area contributed by atoms with Gasteiger partial charge in [0.2, 0.25) is 5.91 Å². The fraction of sp³-hybridized carbons (Fsp3) is 0.200. The van der Waals surface area contributed by atoms with Gasteiger partial charge in [-0.3, -0.25) is 9.59 Å². The van der Waals surface area contributed by atoms with Gasteiger partial charge in [0.25, 0.3) is 5.91 Å². The average Bonchev–Trinajstić information content (AvgIpc) is 2.75. The van der Waals surface area contributed by atoms with Crippen LogP contribution in [-0.2, 0) is 11.0 Å². The lowest BCUT2D eigenvalue weighted by atomic mass is 9.98. The molecule has 0 bridgehead atoms. The summed E-state index contributed by atoms with van der Waals surface area (Å²) >= 11 is 0. The Hall–Kier alpha value is -3.61. The van der Waals surface area contributed by atoms with E-state index in [1.807, 2.05) is 32.0 Å². The van der Waals surface area contributed by atoms with Crippen molar-refractivity contribution in [1.82, 2.24) is 4.90 Å². The smallest absolute Gasteiger partial charge is 0.332 e. The van der Waals surface area contributed by atoms with E-state index >= 15 is 0 Å². The predicted molar refractivity (Wildman–Crippen MR) is 118 cm³/mol. The number of benzene rings is 3. The Bertz CT molecular complexity index is 1120. The third kappa shape index (κ3) is 5.17. The highest BCUT2D eigenvalue weighted by molar-refractivity contribution is 6.03. The van der Waals surface area contributed by atoms with Crippen LogP contribution in [0.5, 0.6) is 0 Å². The van der Waals surface area contributed by atoms with Gasteiger partial charge in [-0.1, -0.05) is 48.5 Å². The number of aryl methyl sites for hydroxylation is 2. The van der Waals surface area contributed by atoms with Crippen LogP contribution in [0.2, 0.25) is 0 Å². The zero-order valence-corrected chi connectivity index (χ0v) is 18.0. The van der Waals surface area contributed by atoms with Crippen molar-refractivity contribution < 1.29 is 22.8 Å². The number of nitrogens with zero attached hydrogens (tertiary/aromatic N) is 1. The van der Waals surface area contributed by atoms with Crippen molar-refractivity contribution in [1.29, 1.82) is 0 Å². The molecule has 0 spiro atoms. The zero-order chi connectivity index (χ0) is 23.5. The van der Waals surface area contributed by atoms with E-state index < -0.39 is 17.6 Å². The summed E-state index contributed by atoms with van der Waals surface area (Å²) in [7, 11) is 1.51. The van der Waals surface area contributed by atoms with E-state index in [9.17, 15) is 22.8 Å². The molecule has 0 atom stereocenters. The van der Waals surface area contributed by atoms with Gasteiger partial charge < -0.3 is 10.2 Å². The Kier molecular flexibility index (Phi) is 6.67. The molecule has 32 heavy (non-hydrogen) atoms. The van der Waals surface area contributed by atoms with Crippen molar-refractivity contribution in [3.63, 3.8) is 0 Å². The van der Waals surface area contributed by atoms with Crippen molar-refractivity contribution in [2.24, 2.45) is 0 Å². The normalized spacial score (nSPS) is 11.2. The number of halogens is 3. The average molecular weight is 440 g/mol. The molecule has 2 amide bonds. The lowest BCUT2D eigenvalue weighted by molar-refractivity contribution is -0.137. The lowest BCUT2D eigenvalue weighted by Crippen LogP contribution is -2.35. The number of carbonyl (C=O) groups excluding carboxylic acids is 2. The molecule has 0 aromatic heterocycles. The number of carbonyl (C=O) groups is 2. The number of hydrogen-bond acceptors (Lipinski definition) is 2. The van der Waals surface area contributed by atoms with Gasteiger partial charge in [-0.05, 0) is 54.3 Å². The highest BCUT2D eigenvalue weighted by Crippen LogP contribution is 2.32. The van der Waals surface area contributed by atoms with E-state index in [2.05, 4.69) is 5.32 Å². The van der Waals surface area contributed by atoms with Crippen LogP contribution in [0.3, 0.4) is 0 Å². The van der Waals surface area contributed by atoms with Gasteiger partial charge in [-0.2, -0.15) is 13.2 Å². The molecule has 166 valence electrons. The van der Waals surface area contributed by atoms with Crippen molar-refractivity contribution in [2.75, 3.05) is 18.9 Å². The van der Waals surface area contributed by atoms with Crippen LogP contribution in [0.25, 0.3) is 11.1 Å². The molecule has 3 aromatic carbocycles. The molecule has 7 heteroatoms. The number of amides is 2. The van der Waals surface area contributed by atoms with E-state index in [1.54, 1.807) is 24.3 Å². The Balaban J connectivity index is 1.78. The highest BCUT2D eigenvalue weighted by atomic mass is 19.4. The van der Waals surface area contributed by atoms with Crippen molar-refractivity contribution >= 4 is 17.5 Å². The minimum absolute atomic E-state index is 0.173. The summed E-state index contributed by atoms with van der Waals surface area (Å²) in [6.45, 7) is 3.60. The van der Waals surface area contributed by atoms with Gasteiger partial charge in [-0.25, -0.2) is 0 Å². The molecule has 1 N–H and O–H groups in total. The molecule has 3 aromatic rings. The molecule has 0 heterocycles. The van der Waals surface area contributed by atoms with Crippen LogP contribution in [0.15, 0.2) is 66.7 Å². The van der Waals surface area contributed by atoms with E-state index in [0.29, 0.717) is 22.4 Å². The van der Waals surface area contributed by atoms with Gasteiger partial charge in [0.05, 0.1) is 12.1 Å². The summed E-state index contributed by atoms with van der Waals surface area (Å²) in [6.07, 6.45) is -4.43. The third-order valence-electron chi connectivity index (χ3n) is 5.15. The monoisotopic (exact) mass is 440 g/mol. The van der Waals surface area contributed by atoms with Gasteiger partial charge in [0.1, 0.15) is 0 Å². The number of likely N-dealkylation sites (N-methyl/N-ethyl adjacent to an activating group) is 1. The Morgan fingerprint density at radius 1 is 0.875 bits per heavy atom. The molecule has 0 unspecified atom stereocenters. The van der Waals surface area contributed by atoms with Crippen molar-refractivity contribution in [3.8, 4) is 11.1 Å². The summed E-state index contributed by atoms with van der Waals surface area (Å²) in [4.78, 5) is 26.9. The second kappa shape index (κ2) is 9.26. The molecule has 3 rings (SSSR count). The van der Waals surface area contributed by atoms with E-state index in [0.717, 1.165) is 23.3 Å². The molecule has 0 saturated heterocycles. The Morgan fingerprint density at radius 2 is 1.47 bits per heavy atom. The number of rotatable bonds is 5. The number of para-hydroxylation sites is 1. The van der Waals surface area contributed by atoms with Crippen molar-refractivity contribution in [3.05, 3.63) is 89.0 Å². The second-order valence-electron chi connectivity index (χ2n) is 7.60. The number of anilines is 1. The molecule has 0 radical (unpaired) electrons. The first-order chi connectivity index (χ1) is 15.1. The predicted octanol–water partition coefficient (Wildman–Crippen LogP) is 5.70. The summed E-state index contributed by atoms with van der Waals surface area (Å²) in [5.41, 5.74) is 3.06. The van der Waals surface area contributed by atoms with Crippen molar-refractivity contribution in [2.45, 2.75) is 20.0 Å². The van der Waals surface area contributed by atoms with Crippen LogP contribution in [0, 0.1) is 13.8 Å². The number of alkyl halides is 3. The maximum atomic E-state index is 13.1. The largest absolute Gasteiger partial charge is 0.416 e. The minimum Gasteiger partial charge on any atom is -0.332 e. The van der Waals surface area contributed by atoms with Gasteiger partial charge >= 0.3 is 6.18 Å². The van der Waals surface area contributed by atoms with Gasteiger partial charge in [0, 0.05) is 18.3 Å². The molecule has 0 aliphatic carbocycles. The van der Waals surface area contributed by atoms with Gasteiger partial charge in [0.15, 0.2) is 0 Å². The maximum absolute atomic E-state index is 13.1. The molecule has 0 fully saturated rings. The fourth-order valence-electron chi connectivity index (χ4n) is 3.44. The lowest BCUT2D eigenvalue weighted by Gasteiger charge is -2.20.